The molecule has 0 aliphatic carbocycles. The van der Waals surface area contributed by atoms with Gasteiger partial charge in [-0.15, -0.1) is 0 Å². The van der Waals surface area contributed by atoms with Crippen LogP contribution in [0.1, 0.15) is 5.56 Å². The van der Waals surface area contributed by atoms with E-state index >= 15 is 0 Å². The van der Waals surface area contributed by atoms with Gasteiger partial charge in [0.05, 0.1) is 23.7 Å². The fraction of sp³-hybridized carbons (Fsp3) is 0.200. The summed E-state index contributed by atoms with van der Waals surface area (Å²) in [7, 11) is 3.60. The molecule has 0 aliphatic rings. The summed E-state index contributed by atoms with van der Waals surface area (Å²) in [5, 5.41) is 0. The molecule has 0 amide bonds. The number of fused-ring (bicyclic) bond motifs is 1. The van der Waals surface area contributed by atoms with Crippen molar-refractivity contribution in [3.63, 3.8) is 0 Å². The van der Waals surface area contributed by atoms with Crippen LogP contribution in [0, 0.1) is 0 Å². The van der Waals surface area contributed by atoms with E-state index in [1.54, 1.807) is 13.3 Å². The van der Waals surface area contributed by atoms with Crippen LogP contribution >= 0.6 is 0 Å². The highest BCUT2D eigenvalue weighted by Gasteiger charge is 2.14. The fourth-order valence-corrected chi connectivity index (χ4v) is 2.34. The number of rotatable bonds is 3. The number of ether oxygens (including phenoxy) is 1. The zero-order chi connectivity index (χ0) is 14.1. The van der Waals surface area contributed by atoms with Crippen molar-refractivity contribution in [3.8, 4) is 17.3 Å². The van der Waals surface area contributed by atoms with Crippen molar-refractivity contribution in [1.82, 2.24) is 14.5 Å². The molecule has 0 atom stereocenters. The highest BCUT2D eigenvalue weighted by Crippen LogP contribution is 2.29. The normalized spacial score (nSPS) is 10.9. The van der Waals surface area contributed by atoms with Gasteiger partial charge in [0.1, 0.15) is 5.82 Å². The van der Waals surface area contributed by atoms with E-state index in [1.165, 1.54) is 0 Å². The molecule has 2 heterocycles. The van der Waals surface area contributed by atoms with Gasteiger partial charge in [-0.25, -0.2) is 9.97 Å². The minimum absolute atomic E-state index is 0.512. The molecule has 2 aromatic heterocycles. The van der Waals surface area contributed by atoms with Gasteiger partial charge in [-0.2, -0.15) is 0 Å². The van der Waals surface area contributed by atoms with Gasteiger partial charge in [0, 0.05) is 19.8 Å². The summed E-state index contributed by atoms with van der Waals surface area (Å²) in [5.74, 6) is 1.41. The molecule has 0 unspecified atom stereocenters. The van der Waals surface area contributed by atoms with Crippen LogP contribution < -0.4 is 10.5 Å². The van der Waals surface area contributed by atoms with E-state index in [0.717, 1.165) is 28.0 Å². The van der Waals surface area contributed by atoms with E-state index < -0.39 is 0 Å². The van der Waals surface area contributed by atoms with E-state index in [-0.39, 0.29) is 0 Å². The first kappa shape index (κ1) is 12.6. The molecule has 0 saturated carbocycles. The minimum atomic E-state index is 0.512. The molecule has 5 nitrogen and oxygen atoms in total. The van der Waals surface area contributed by atoms with E-state index in [4.69, 9.17) is 10.5 Å². The van der Waals surface area contributed by atoms with Crippen LogP contribution in [0.4, 0.5) is 0 Å². The SMILES string of the molecule is COc1ncccc1-c1nc2cc(CN)ccc2n1C. The third-order valence-corrected chi connectivity index (χ3v) is 3.39. The zero-order valence-corrected chi connectivity index (χ0v) is 11.5. The Hall–Kier alpha value is -2.40. The third kappa shape index (κ3) is 1.92. The first-order valence-electron chi connectivity index (χ1n) is 6.39. The van der Waals surface area contributed by atoms with Gasteiger partial charge in [-0.05, 0) is 29.8 Å². The average Bonchev–Trinajstić information content (AvgIpc) is 2.83. The molecule has 0 radical (unpaired) electrons. The Kier molecular flexibility index (Phi) is 3.12. The maximum Gasteiger partial charge on any atom is 0.224 e. The van der Waals surface area contributed by atoms with Crippen molar-refractivity contribution in [3.05, 3.63) is 42.1 Å². The van der Waals surface area contributed by atoms with E-state index in [1.807, 2.05) is 41.9 Å². The highest BCUT2D eigenvalue weighted by molar-refractivity contribution is 5.82. The predicted molar refractivity (Wildman–Crippen MR) is 78.4 cm³/mol. The number of aromatic nitrogens is 3. The summed E-state index contributed by atoms with van der Waals surface area (Å²) in [5.41, 5.74) is 9.61. The first-order chi connectivity index (χ1) is 9.74. The Balaban J connectivity index is 2.23. The standard InChI is InChI=1S/C15H16N4O/c1-19-13-6-5-10(9-16)8-12(13)18-14(19)11-4-3-7-17-15(11)20-2/h3-8H,9,16H2,1-2H3. The quantitative estimate of drug-likeness (QED) is 0.790. The molecule has 0 saturated heterocycles. The Morgan fingerprint density at radius 1 is 1.30 bits per heavy atom. The van der Waals surface area contributed by atoms with Gasteiger partial charge in [0.2, 0.25) is 5.88 Å². The van der Waals surface area contributed by atoms with Crippen molar-refractivity contribution in [2.45, 2.75) is 6.54 Å². The van der Waals surface area contributed by atoms with Crippen LogP contribution in [0.2, 0.25) is 0 Å². The van der Waals surface area contributed by atoms with Crippen LogP contribution in [0.5, 0.6) is 5.88 Å². The van der Waals surface area contributed by atoms with Gasteiger partial charge in [-0.3, -0.25) is 0 Å². The molecule has 1 aromatic carbocycles. The second-order valence-corrected chi connectivity index (χ2v) is 4.58. The number of imidazole rings is 1. The third-order valence-electron chi connectivity index (χ3n) is 3.39. The molecule has 5 heteroatoms. The molecule has 3 rings (SSSR count). The van der Waals surface area contributed by atoms with Crippen LogP contribution in [-0.2, 0) is 13.6 Å². The Morgan fingerprint density at radius 2 is 2.15 bits per heavy atom. The lowest BCUT2D eigenvalue weighted by Gasteiger charge is -2.06. The summed E-state index contributed by atoms with van der Waals surface area (Å²) in [6, 6.07) is 9.91. The molecule has 0 fully saturated rings. The summed E-state index contributed by atoms with van der Waals surface area (Å²) >= 11 is 0. The van der Waals surface area contributed by atoms with Gasteiger partial charge < -0.3 is 15.0 Å². The van der Waals surface area contributed by atoms with E-state index in [2.05, 4.69) is 9.97 Å². The fourth-order valence-electron chi connectivity index (χ4n) is 2.34. The average molecular weight is 268 g/mol. The van der Waals surface area contributed by atoms with E-state index in [9.17, 15) is 0 Å². The van der Waals surface area contributed by atoms with Crippen molar-refractivity contribution in [2.24, 2.45) is 12.8 Å². The van der Waals surface area contributed by atoms with Gasteiger partial charge in [0.25, 0.3) is 0 Å². The number of methoxy groups -OCH3 is 1. The van der Waals surface area contributed by atoms with Crippen molar-refractivity contribution in [2.75, 3.05) is 7.11 Å². The van der Waals surface area contributed by atoms with E-state index in [0.29, 0.717) is 12.4 Å². The number of nitrogens with zero attached hydrogens (tertiary/aromatic N) is 3. The maximum atomic E-state index is 5.68. The molecule has 2 N–H and O–H groups in total. The molecular weight excluding hydrogens is 252 g/mol. The van der Waals surface area contributed by atoms with Crippen molar-refractivity contribution in [1.29, 1.82) is 0 Å². The lowest BCUT2D eigenvalue weighted by Crippen LogP contribution is -1.97. The lowest BCUT2D eigenvalue weighted by atomic mass is 10.2. The Labute approximate surface area is 117 Å². The number of hydrogen-bond donors (Lipinski definition) is 1. The predicted octanol–water partition coefficient (Wildman–Crippen LogP) is 2.10. The van der Waals surface area contributed by atoms with Gasteiger partial charge in [0.15, 0.2) is 0 Å². The van der Waals surface area contributed by atoms with Crippen molar-refractivity contribution >= 4 is 11.0 Å². The number of nitrogens with two attached hydrogens (primary N) is 1. The largest absolute Gasteiger partial charge is 0.480 e. The second-order valence-electron chi connectivity index (χ2n) is 4.58. The molecular formula is C15H16N4O. The summed E-state index contributed by atoms with van der Waals surface area (Å²) in [6.07, 6.45) is 1.71. The zero-order valence-electron chi connectivity index (χ0n) is 11.5. The van der Waals surface area contributed by atoms with Crippen molar-refractivity contribution < 1.29 is 4.74 Å². The number of hydrogen-bond acceptors (Lipinski definition) is 4. The van der Waals surface area contributed by atoms with Crippen LogP contribution in [0.15, 0.2) is 36.5 Å². The number of pyridine rings is 1. The first-order valence-corrected chi connectivity index (χ1v) is 6.39. The topological polar surface area (TPSA) is 66.0 Å². The molecule has 0 spiro atoms. The monoisotopic (exact) mass is 268 g/mol. The van der Waals surface area contributed by atoms with Crippen LogP contribution in [-0.4, -0.2) is 21.6 Å². The molecule has 102 valence electrons. The maximum absolute atomic E-state index is 5.68. The molecule has 3 aromatic rings. The number of aryl methyl sites for hydroxylation is 1. The molecule has 0 aliphatic heterocycles. The minimum Gasteiger partial charge on any atom is -0.480 e. The second kappa shape index (κ2) is 4.94. The summed E-state index contributed by atoms with van der Waals surface area (Å²) in [6.45, 7) is 0.512. The molecule has 20 heavy (non-hydrogen) atoms. The van der Waals surface area contributed by atoms with Gasteiger partial charge in [-0.1, -0.05) is 6.07 Å². The summed E-state index contributed by atoms with van der Waals surface area (Å²) in [4.78, 5) is 8.91. The lowest BCUT2D eigenvalue weighted by molar-refractivity contribution is 0.399. The van der Waals surface area contributed by atoms with Crippen LogP contribution in [0.3, 0.4) is 0 Å². The summed E-state index contributed by atoms with van der Waals surface area (Å²) < 4.78 is 7.35. The van der Waals surface area contributed by atoms with Gasteiger partial charge >= 0.3 is 0 Å². The Bertz CT molecular complexity index is 764. The smallest absolute Gasteiger partial charge is 0.224 e. The highest BCUT2D eigenvalue weighted by atomic mass is 16.5. The van der Waals surface area contributed by atoms with Crippen LogP contribution in [0.25, 0.3) is 22.4 Å². The number of benzene rings is 1. The molecule has 0 bridgehead atoms. The Morgan fingerprint density at radius 3 is 2.90 bits per heavy atom.